The molecule has 0 spiro atoms. The first kappa shape index (κ1) is 14.7. The summed E-state index contributed by atoms with van der Waals surface area (Å²) in [6.07, 6.45) is 3.70. The van der Waals surface area contributed by atoms with Gasteiger partial charge < -0.3 is 14.5 Å². The molecule has 108 valence electrons. The molecule has 1 aromatic heterocycles. The minimum atomic E-state index is 0.348. The lowest BCUT2D eigenvalue weighted by atomic mass is 10.0. The van der Waals surface area contributed by atoms with E-state index in [0.717, 1.165) is 30.9 Å². The highest BCUT2D eigenvalue weighted by Gasteiger charge is 2.11. The fourth-order valence-electron chi connectivity index (χ4n) is 2.34. The van der Waals surface area contributed by atoms with Gasteiger partial charge in [0.2, 0.25) is 0 Å². The molecule has 0 amide bonds. The van der Waals surface area contributed by atoms with E-state index in [1.54, 1.807) is 6.26 Å². The summed E-state index contributed by atoms with van der Waals surface area (Å²) < 4.78 is 10.9. The average molecular weight is 273 g/mol. The van der Waals surface area contributed by atoms with Crippen LogP contribution in [0.5, 0.6) is 5.75 Å². The van der Waals surface area contributed by atoms with E-state index in [4.69, 9.17) is 9.15 Å². The molecule has 1 atom stereocenters. The Kier molecular flexibility index (Phi) is 5.69. The number of aryl methyl sites for hydroxylation is 1. The van der Waals surface area contributed by atoms with E-state index in [1.165, 1.54) is 5.56 Å². The van der Waals surface area contributed by atoms with Crippen LogP contribution in [-0.2, 0) is 6.42 Å². The lowest BCUT2D eigenvalue weighted by molar-refractivity contribution is 0.340. The van der Waals surface area contributed by atoms with Crippen molar-refractivity contribution in [3.8, 4) is 5.75 Å². The zero-order chi connectivity index (χ0) is 14.2. The molecule has 0 radical (unpaired) electrons. The van der Waals surface area contributed by atoms with Crippen LogP contribution in [-0.4, -0.2) is 13.2 Å². The normalized spacial score (nSPS) is 12.3. The van der Waals surface area contributed by atoms with E-state index in [-0.39, 0.29) is 0 Å². The predicted octanol–water partition coefficient (Wildman–Crippen LogP) is 3.96. The van der Waals surface area contributed by atoms with E-state index in [0.29, 0.717) is 12.6 Å². The molecule has 0 saturated carbocycles. The topological polar surface area (TPSA) is 34.4 Å². The van der Waals surface area contributed by atoms with Crippen LogP contribution in [0.2, 0.25) is 0 Å². The number of hydrogen-bond acceptors (Lipinski definition) is 3. The molecule has 2 aromatic rings. The predicted molar refractivity (Wildman–Crippen MR) is 81.1 cm³/mol. The van der Waals surface area contributed by atoms with E-state index < -0.39 is 0 Å². The summed E-state index contributed by atoms with van der Waals surface area (Å²) in [6, 6.07) is 12.7. The molecule has 0 aliphatic carbocycles. The Hall–Kier alpha value is -1.74. The van der Waals surface area contributed by atoms with Crippen molar-refractivity contribution in [3.63, 3.8) is 0 Å². The Bertz CT molecular complexity index is 476. The summed E-state index contributed by atoms with van der Waals surface area (Å²) in [7, 11) is 0. The maximum absolute atomic E-state index is 5.48. The minimum Gasteiger partial charge on any atom is -0.494 e. The highest BCUT2D eigenvalue weighted by atomic mass is 16.5. The number of nitrogens with one attached hydrogen (secondary N) is 1. The molecule has 0 aliphatic rings. The first-order valence-electron chi connectivity index (χ1n) is 7.32. The van der Waals surface area contributed by atoms with E-state index in [2.05, 4.69) is 24.4 Å². The highest BCUT2D eigenvalue weighted by molar-refractivity contribution is 5.29. The lowest BCUT2D eigenvalue weighted by Gasteiger charge is -2.18. The zero-order valence-corrected chi connectivity index (χ0v) is 12.3. The summed E-state index contributed by atoms with van der Waals surface area (Å²) in [5.41, 5.74) is 1.29. The fraction of sp³-hybridized carbons (Fsp3) is 0.412. The largest absolute Gasteiger partial charge is 0.494 e. The van der Waals surface area contributed by atoms with Crippen LogP contribution in [0.4, 0.5) is 0 Å². The van der Waals surface area contributed by atoms with Crippen molar-refractivity contribution in [2.45, 2.75) is 32.7 Å². The van der Waals surface area contributed by atoms with Gasteiger partial charge in [0.25, 0.3) is 0 Å². The van der Waals surface area contributed by atoms with Gasteiger partial charge in [0, 0.05) is 12.5 Å². The third-order valence-corrected chi connectivity index (χ3v) is 3.30. The molecule has 2 rings (SSSR count). The Morgan fingerprint density at radius 3 is 2.55 bits per heavy atom. The summed E-state index contributed by atoms with van der Waals surface area (Å²) in [6.45, 7) is 5.79. The second-order valence-electron chi connectivity index (χ2n) is 4.73. The number of ether oxygens (including phenoxy) is 1. The molecule has 1 heterocycles. The van der Waals surface area contributed by atoms with Crippen LogP contribution in [0.15, 0.2) is 47.1 Å². The van der Waals surface area contributed by atoms with Crippen molar-refractivity contribution in [2.75, 3.05) is 13.2 Å². The molecule has 0 aliphatic heterocycles. The number of furan rings is 1. The van der Waals surface area contributed by atoms with Gasteiger partial charge in [-0.05, 0) is 49.7 Å². The van der Waals surface area contributed by atoms with Gasteiger partial charge >= 0.3 is 0 Å². The van der Waals surface area contributed by atoms with E-state index in [9.17, 15) is 0 Å². The molecular formula is C17H23NO2. The number of rotatable bonds is 8. The van der Waals surface area contributed by atoms with Crippen LogP contribution in [0.3, 0.4) is 0 Å². The smallest absolute Gasteiger partial charge is 0.119 e. The van der Waals surface area contributed by atoms with Gasteiger partial charge in [-0.3, -0.25) is 0 Å². The maximum Gasteiger partial charge on any atom is 0.119 e. The molecule has 1 unspecified atom stereocenters. The Morgan fingerprint density at radius 2 is 1.95 bits per heavy atom. The summed E-state index contributed by atoms with van der Waals surface area (Å²) in [5.74, 6) is 1.97. The second-order valence-corrected chi connectivity index (χ2v) is 4.73. The van der Waals surface area contributed by atoms with E-state index in [1.807, 2.05) is 31.2 Å². The number of hydrogen-bond donors (Lipinski definition) is 1. The Labute approximate surface area is 121 Å². The molecule has 0 fully saturated rings. The van der Waals surface area contributed by atoms with Crippen molar-refractivity contribution in [1.82, 2.24) is 5.32 Å². The van der Waals surface area contributed by atoms with Gasteiger partial charge in [-0.25, -0.2) is 0 Å². The Balaban J connectivity index is 1.99. The quantitative estimate of drug-likeness (QED) is 0.790. The van der Waals surface area contributed by atoms with Crippen LogP contribution in [0, 0.1) is 0 Å². The molecule has 1 aromatic carbocycles. The van der Waals surface area contributed by atoms with Crippen LogP contribution < -0.4 is 10.1 Å². The van der Waals surface area contributed by atoms with Crippen molar-refractivity contribution < 1.29 is 9.15 Å². The Morgan fingerprint density at radius 1 is 1.15 bits per heavy atom. The third kappa shape index (κ3) is 4.14. The monoisotopic (exact) mass is 273 g/mol. The zero-order valence-electron chi connectivity index (χ0n) is 12.3. The van der Waals surface area contributed by atoms with Gasteiger partial charge in [0.1, 0.15) is 11.5 Å². The summed E-state index contributed by atoms with van der Waals surface area (Å²) in [5, 5.41) is 3.53. The first-order valence-corrected chi connectivity index (χ1v) is 7.32. The van der Waals surface area contributed by atoms with E-state index >= 15 is 0 Å². The molecule has 20 heavy (non-hydrogen) atoms. The third-order valence-electron chi connectivity index (χ3n) is 3.30. The molecule has 0 bridgehead atoms. The molecule has 3 heteroatoms. The average Bonchev–Trinajstić information content (AvgIpc) is 2.98. The molecule has 1 N–H and O–H groups in total. The maximum atomic E-state index is 5.48. The lowest BCUT2D eigenvalue weighted by Crippen LogP contribution is -2.21. The standard InChI is InChI=1S/C17H23NO2/c1-3-18-17(12-11-15-6-5-13-20-15)14-7-9-16(10-8-14)19-4-2/h5-10,13,17-18H,3-4,11-12H2,1-2H3. The van der Waals surface area contributed by atoms with Crippen molar-refractivity contribution in [1.29, 1.82) is 0 Å². The summed E-state index contributed by atoms with van der Waals surface area (Å²) >= 11 is 0. The van der Waals surface area contributed by atoms with Gasteiger partial charge in [-0.15, -0.1) is 0 Å². The minimum absolute atomic E-state index is 0.348. The highest BCUT2D eigenvalue weighted by Crippen LogP contribution is 2.22. The van der Waals surface area contributed by atoms with Crippen LogP contribution >= 0.6 is 0 Å². The summed E-state index contributed by atoms with van der Waals surface area (Å²) in [4.78, 5) is 0. The first-order chi connectivity index (χ1) is 9.83. The van der Waals surface area contributed by atoms with Crippen LogP contribution in [0.25, 0.3) is 0 Å². The molecular weight excluding hydrogens is 250 g/mol. The molecule has 3 nitrogen and oxygen atoms in total. The molecule has 0 saturated heterocycles. The van der Waals surface area contributed by atoms with Gasteiger partial charge in [0.15, 0.2) is 0 Å². The van der Waals surface area contributed by atoms with Crippen molar-refractivity contribution in [2.24, 2.45) is 0 Å². The van der Waals surface area contributed by atoms with Crippen LogP contribution in [0.1, 0.15) is 37.6 Å². The SMILES string of the molecule is CCNC(CCc1ccco1)c1ccc(OCC)cc1. The second kappa shape index (κ2) is 7.75. The van der Waals surface area contributed by atoms with Gasteiger partial charge in [0.05, 0.1) is 12.9 Å². The van der Waals surface area contributed by atoms with Gasteiger partial charge in [-0.1, -0.05) is 19.1 Å². The van der Waals surface area contributed by atoms with Gasteiger partial charge in [-0.2, -0.15) is 0 Å². The van der Waals surface area contributed by atoms with Crippen molar-refractivity contribution >= 4 is 0 Å². The fourth-order valence-corrected chi connectivity index (χ4v) is 2.34. The van der Waals surface area contributed by atoms with Crippen molar-refractivity contribution in [3.05, 3.63) is 54.0 Å². The number of benzene rings is 1.